The Bertz CT molecular complexity index is 664. The number of anilines is 1. The highest BCUT2D eigenvalue weighted by Gasteiger charge is 2.45. The Morgan fingerprint density at radius 2 is 1.83 bits per heavy atom. The van der Waals surface area contributed by atoms with Crippen LogP contribution in [0.4, 0.5) is 14.5 Å². The number of hydrogen-bond acceptors (Lipinski definition) is 3. The van der Waals surface area contributed by atoms with E-state index in [1.807, 2.05) is 38.7 Å². The summed E-state index contributed by atoms with van der Waals surface area (Å²) in [6.45, 7) is 10.9. The van der Waals surface area contributed by atoms with Crippen molar-refractivity contribution in [2.24, 2.45) is 17.8 Å². The first-order valence-electron chi connectivity index (χ1n) is 10.8. The van der Waals surface area contributed by atoms with E-state index in [9.17, 15) is 17.5 Å². The molecule has 0 bridgehead atoms. The maximum absolute atomic E-state index is 14.4. The molecule has 2 heterocycles. The first-order chi connectivity index (χ1) is 13.8. The first kappa shape index (κ1) is 24.2. The highest BCUT2D eigenvalue weighted by Crippen LogP contribution is 2.38. The zero-order chi connectivity index (χ0) is 21.6. The Hall–Kier alpha value is -1.05. The Morgan fingerprint density at radius 1 is 1.17 bits per heavy atom. The van der Waals surface area contributed by atoms with E-state index in [1.165, 1.54) is 0 Å². The molecule has 166 valence electrons. The fraction of sp³-hybridized carbons (Fsp3) is 0.727. The van der Waals surface area contributed by atoms with Crippen LogP contribution < -0.4 is 4.90 Å². The van der Waals surface area contributed by atoms with Gasteiger partial charge in [-0.25, -0.2) is 13.0 Å². The molecule has 0 radical (unpaired) electrons. The molecule has 0 aliphatic carbocycles. The van der Waals surface area contributed by atoms with Crippen LogP contribution in [0.2, 0.25) is 0 Å². The molecule has 2 saturated heterocycles. The van der Waals surface area contributed by atoms with Crippen LogP contribution in [0.5, 0.6) is 0 Å². The van der Waals surface area contributed by atoms with Crippen molar-refractivity contribution >= 4 is 16.8 Å². The van der Waals surface area contributed by atoms with Gasteiger partial charge in [-0.15, -0.1) is 0 Å². The van der Waals surface area contributed by atoms with Crippen molar-refractivity contribution in [2.75, 3.05) is 37.6 Å². The van der Waals surface area contributed by atoms with E-state index in [-0.39, 0.29) is 12.5 Å². The minimum absolute atomic E-state index is 0.0226. The van der Waals surface area contributed by atoms with Crippen LogP contribution >= 0.6 is 0 Å². The summed E-state index contributed by atoms with van der Waals surface area (Å²) in [7, 11) is 0. The van der Waals surface area contributed by atoms with Crippen molar-refractivity contribution < 1.29 is 17.5 Å². The summed E-state index contributed by atoms with van der Waals surface area (Å²) in [6.07, 6.45) is 2.50. The van der Waals surface area contributed by atoms with Gasteiger partial charge in [-0.05, 0) is 55.8 Å². The molecule has 2 aliphatic rings. The van der Waals surface area contributed by atoms with Crippen molar-refractivity contribution in [2.45, 2.75) is 57.8 Å². The SMILES string of the molecule is CC.CC(C)C1CCN(CC2CCN(c3cccc(S(=O)O)c3)CC2)CC1(F)F. The van der Waals surface area contributed by atoms with Gasteiger partial charge >= 0.3 is 0 Å². The van der Waals surface area contributed by atoms with Gasteiger partial charge < -0.3 is 9.45 Å². The minimum Gasteiger partial charge on any atom is -0.371 e. The molecular formula is C22H36F2N2O2S. The molecule has 3 rings (SSSR count). The van der Waals surface area contributed by atoms with Crippen LogP contribution in [0, 0.1) is 17.8 Å². The number of benzene rings is 1. The van der Waals surface area contributed by atoms with Crippen molar-refractivity contribution in [1.82, 2.24) is 4.90 Å². The molecule has 2 aliphatic heterocycles. The van der Waals surface area contributed by atoms with E-state index in [2.05, 4.69) is 4.90 Å². The van der Waals surface area contributed by atoms with Crippen LogP contribution in [-0.2, 0) is 11.1 Å². The lowest BCUT2D eigenvalue weighted by Crippen LogP contribution is -2.51. The first-order valence-corrected chi connectivity index (χ1v) is 11.9. The highest BCUT2D eigenvalue weighted by atomic mass is 32.2. The van der Waals surface area contributed by atoms with Crippen molar-refractivity contribution in [3.63, 3.8) is 0 Å². The van der Waals surface area contributed by atoms with Crippen molar-refractivity contribution in [3.05, 3.63) is 24.3 Å². The van der Waals surface area contributed by atoms with Crippen molar-refractivity contribution in [1.29, 1.82) is 0 Å². The predicted octanol–water partition coefficient (Wildman–Crippen LogP) is 5.12. The lowest BCUT2D eigenvalue weighted by atomic mass is 9.83. The van der Waals surface area contributed by atoms with E-state index in [4.69, 9.17) is 0 Å². The van der Waals surface area contributed by atoms with Gasteiger partial charge in [0.25, 0.3) is 5.92 Å². The molecule has 2 atom stereocenters. The second kappa shape index (κ2) is 10.8. The average molecular weight is 431 g/mol. The van der Waals surface area contributed by atoms with Gasteiger partial charge in [0.05, 0.1) is 11.4 Å². The summed E-state index contributed by atoms with van der Waals surface area (Å²) in [5.41, 5.74) is 0.956. The van der Waals surface area contributed by atoms with Crippen LogP contribution in [-0.4, -0.2) is 52.3 Å². The average Bonchev–Trinajstić information content (AvgIpc) is 2.69. The van der Waals surface area contributed by atoms with E-state index in [0.29, 0.717) is 17.2 Å². The van der Waals surface area contributed by atoms with E-state index in [0.717, 1.165) is 44.7 Å². The molecule has 1 aromatic rings. The lowest BCUT2D eigenvalue weighted by molar-refractivity contribution is -0.127. The summed E-state index contributed by atoms with van der Waals surface area (Å²) < 4.78 is 49.3. The molecule has 0 saturated carbocycles. The molecule has 2 fully saturated rings. The number of piperidine rings is 2. The molecule has 2 unspecified atom stereocenters. The third-order valence-corrected chi connectivity index (χ3v) is 6.71. The number of hydrogen-bond donors (Lipinski definition) is 1. The maximum Gasteiger partial charge on any atom is 0.263 e. The van der Waals surface area contributed by atoms with Gasteiger partial charge in [-0.2, -0.15) is 0 Å². The van der Waals surface area contributed by atoms with Crippen LogP contribution in [0.25, 0.3) is 0 Å². The van der Waals surface area contributed by atoms with Crippen molar-refractivity contribution in [3.8, 4) is 0 Å². The van der Waals surface area contributed by atoms with Gasteiger partial charge in [0.15, 0.2) is 11.1 Å². The van der Waals surface area contributed by atoms with Crippen LogP contribution in [0.15, 0.2) is 29.2 Å². The summed E-state index contributed by atoms with van der Waals surface area (Å²) in [5.74, 6) is -2.63. The summed E-state index contributed by atoms with van der Waals surface area (Å²) in [6, 6.07) is 7.15. The van der Waals surface area contributed by atoms with Gasteiger partial charge in [0.1, 0.15) is 0 Å². The predicted molar refractivity (Wildman–Crippen MR) is 116 cm³/mol. The zero-order valence-electron chi connectivity index (χ0n) is 18.1. The second-order valence-corrected chi connectivity index (χ2v) is 9.28. The molecule has 0 aromatic heterocycles. The number of nitrogens with zero attached hydrogens (tertiary/aromatic N) is 2. The smallest absolute Gasteiger partial charge is 0.263 e. The van der Waals surface area contributed by atoms with E-state index < -0.39 is 22.9 Å². The lowest BCUT2D eigenvalue weighted by Gasteiger charge is -2.42. The second-order valence-electron chi connectivity index (χ2n) is 8.31. The molecule has 0 spiro atoms. The van der Waals surface area contributed by atoms with E-state index >= 15 is 0 Å². The molecule has 29 heavy (non-hydrogen) atoms. The normalized spacial score (nSPS) is 24.1. The minimum atomic E-state index is -2.59. The van der Waals surface area contributed by atoms with Gasteiger partial charge in [-0.1, -0.05) is 33.8 Å². The van der Waals surface area contributed by atoms with E-state index in [1.54, 1.807) is 18.2 Å². The van der Waals surface area contributed by atoms with Gasteiger partial charge in [0.2, 0.25) is 0 Å². The van der Waals surface area contributed by atoms with Crippen LogP contribution in [0.1, 0.15) is 47.0 Å². The zero-order valence-corrected chi connectivity index (χ0v) is 18.9. The highest BCUT2D eigenvalue weighted by molar-refractivity contribution is 7.79. The van der Waals surface area contributed by atoms with Gasteiger partial charge in [-0.3, -0.25) is 4.90 Å². The maximum atomic E-state index is 14.4. The standard InChI is InChI=1S/C20H30F2N2O2S.C2H6/c1-15(2)19-8-9-23(14-20(19,21)22)13-16-6-10-24(11-7-16)17-4-3-5-18(12-17)27(25)26;1-2/h3-5,12,15-16,19H,6-11,13-14H2,1-2H3,(H,25,26);1-2H3. The van der Waals surface area contributed by atoms with Crippen LogP contribution in [0.3, 0.4) is 0 Å². The Kier molecular flexibility index (Phi) is 9.04. The fourth-order valence-electron chi connectivity index (χ4n) is 4.53. The fourth-order valence-corrected chi connectivity index (χ4v) is 4.95. The monoisotopic (exact) mass is 430 g/mol. The quantitative estimate of drug-likeness (QED) is 0.658. The Morgan fingerprint density at radius 3 is 2.38 bits per heavy atom. The molecule has 4 nitrogen and oxygen atoms in total. The molecule has 1 aromatic carbocycles. The largest absolute Gasteiger partial charge is 0.371 e. The summed E-state index contributed by atoms with van der Waals surface area (Å²) in [5, 5.41) is 0. The summed E-state index contributed by atoms with van der Waals surface area (Å²) >= 11 is -1.97. The molecule has 7 heteroatoms. The molecule has 0 amide bonds. The third-order valence-electron chi connectivity index (χ3n) is 6.05. The number of halogens is 2. The van der Waals surface area contributed by atoms with Gasteiger partial charge in [0, 0.05) is 31.2 Å². The number of likely N-dealkylation sites (tertiary alicyclic amines) is 1. The number of rotatable bonds is 5. The summed E-state index contributed by atoms with van der Waals surface area (Å²) in [4.78, 5) is 4.58. The molecular weight excluding hydrogens is 394 g/mol. The Labute approximate surface area is 176 Å². The number of alkyl halides is 2. The topological polar surface area (TPSA) is 43.8 Å². The third kappa shape index (κ3) is 6.46. The molecule has 1 N–H and O–H groups in total. The Balaban J connectivity index is 0.00000145.